The van der Waals surface area contributed by atoms with Crippen LogP contribution >= 0.6 is 0 Å². The number of carbonyl (C=O) groups excluding carboxylic acids is 1. The number of carbonyl (C=O) groups is 1. The zero-order chi connectivity index (χ0) is 12.3. The Morgan fingerprint density at radius 1 is 1.29 bits per heavy atom. The first kappa shape index (κ1) is 10.6. The second-order valence-electron chi connectivity index (χ2n) is 4.67. The van der Waals surface area contributed by atoms with Crippen molar-refractivity contribution in [1.82, 2.24) is 0 Å². The lowest BCUT2D eigenvalue weighted by Gasteiger charge is -2.08. The summed E-state index contributed by atoms with van der Waals surface area (Å²) in [5.74, 6) is -0.513. The van der Waals surface area contributed by atoms with Crippen molar-refractivity contribution in [2.45, 2.75) is 17.7 Å². The van der Waals surface area contributed by atoms with E-state index in [2.05, 4.69) is 5.32 Å². The number of hydrogen-bond donors (Lipinski definition) is 2. The molecule has 1 spiro atoms. The van der Waals surface area contributed by atoms with Crippen molar-refractivity contribution in [3.63, 3.8) is 0 Å². The third kappa shape index (κ3) is 1.51. The molecule has 0 radical (unpaired) electrons. The number of fused-ring (bicyclic) bond motifs is 1. The molecule has 1 aromatic rings. The molecule has 0 aromatic heterocycles. The van der Waals surface area contributed by atoms with Gasteiger partial charge in [-0.2, -0.15) is 0 Å². The Labute approximate surface area is 98.4 Å². The van der Waals surface area contributed by atoms with Gasteiger partial charge in [0.1, 0.15) is 5.75 Å². The standard InChI is InChI=1S/C11H11NO4S/c13-7-1-2-8-9(5-7)17(15,16)6-11(3-4-11)10(14)12-8/h1-2,5,13H,3-4,6H2,(H,12,14). The molecule has 0 bridgehead atoms. The van der Waals surface area contributed by atoms with Gasteiger partial charge < -0.3 is 10.4 Å². The van der Waals surface area contributed by atoms with Crippen LogP contribution < -0.4 is 5.32 Å². The van der Waals surface area contributed by atoms with E-state index in [9.17, 15) is 18.3 Å². The Balaban J connectivity index is 2.21. The van der Waals surface area contributed by atoms with Gasteiger partial charge in [-0.3, -0.25) is 4.79 Å². The second kappa shape index (κ2) is 3.01. The predicted octanol–water partition coefficient (Wildman–Crippen LogP) is 0.898. The number of amides is 1. The minimum atomic E-state index is -3.52. The monoisotopic (exact) mass is 253 g/mol. The van der Waals surface area contributed by atoms with E-state index in [4.69, 9.17) is 0 Å². The summed E-state index contributed by atoms with van der Waals surface area (Å²) in [6.45, 7) is 0. The van der Waals surface area contributed by atoms with Gasteiger partial charge in [0.25, 0.3) is 0 Å². The molecule has 5 nitrogen and oxygen atoms in total. The molecule has 1 amide bonds. The van der Waals surface area contributed by atoms with Crippen LogP contribution in [0.4, 0.5) is 5.69 Å². The Bertz CT molecular complexity index is 616. The third-order valence-corrected chi connectivity index (χ3v) is 5.29. The van der Waals surface area contributed by atoms with E-state index in [0.29, 0.717) is 12.8 Å². The number of hydrogen-bond acceptors (Lipinski definition) is 4. The molecule has 1 aliphatic heterocycles. The highest BCUT2D eigenvalue weighted by Gasteiger charge is 2.54. The number of nitrogens with one attached hydrogen (secondary N) is 1. The average molecular weight is 253 g/mol. The van der Waals surface area contributed by atoms with Crippen LogP contribution in [-0.2, 0) is 14.6 Å². The lowest BCUT2D eigenvalue weighted by atomic mass is 10.1. The fraction of sp³-hybridized carbons (Fsp3) is 0.364. The van der Waals surface area contributed by atoms with Crippen LogP contribution in [0.1, 0.15) is 12.8 Å². The van der Waals surface area contributed by atoms with Crippen molar-refractivity contribution in [3.05, 3.63) is 18.2 Å². The number of phenolic OH excluding ortho intramolecular Hbond substituents is 1. The molecular weight excluding hydrogens is 242 g/mol. The van der Waals surface area contributed by atoms with Crippen LogP contribution in [0.25, 0.3) is 0 Å². The number of anilines is 1. The Kier molecular flexibility index (Phi) is 1.87. The van der Waals surface area contributed by atoms with Gasteiger partial charge in [-0.05, 0) is 25.0 Å². The van der Waals surface area contributed by atoms with Crippen LogP contribution in [0, 0.1) is 5.41 Å². The van der Waals surface area contributed by atoms with Crippen molar-refractivity contribution < 1.29 is 18.3 Å². The maximum atomic E-state index is 12.1. The SMILES string of the molecule is O=C1Nc2ccc(O)cc2S(=O)(=O)CC12CC2. The summed E-state index contributed by atoms with van der Waals surface area (Å²) in [6.07, 6.45) is 1.22. The number of aromatic hydroxyl groups is 1. The molecule has 17 heavy (non-hydrogen) atoms. The van der Waals surface area contributed by atoms with Crippen LogP contribution in [0.15, 0.2) is 23.1 Å². The predicted molar refractivity (Wildman–Crippen MR) is 60.5 cm³/mol. The molecule has 2 N–H and O–H groups in total. The summed E-state index contributed by atoms with van der Waals surface area (Å²) in [5.41, 5.74) is -0.482. The zero-order valence-electron chi connectivity index (χ0n) is 8.93. The molecule has 1 heterocycles. The van der Waals surface area contributed by atoms with E-state index in [1.165, 1.54) is 18.2 Å². The minimum Gasteiger partial charge on any atom is -0.508 e. The van der Waals surface area contributed by atoms with Gasteiger partial charge in [-0.15, -0.1) is 0 Å². The van der Waals surface area contributed by atoms with E-state index in [1.807, 2.05) is 0 Å². The van der Waals surface area contributed by atoms with Gasteiger partial charge in [0.05, 0.1) is 21.8 Å². The lowest BCUT2D eigenvalue weighted by Crippen LogP contribution is -2.27. The molecule has 2 aliphatic rings. The van der Waals surface area contributed by atoms with Crippen LogP contribution in [0.5, 0.6) is 5.75 Å². The highest BCUT2D eigenvalue weighted by molar-refractivity contribution is 7.91. The fourth-order valence-corrected chi connectivity index (χ4v) is 4.21. The van der Waals surface area contributed by atoms with Gasteiger partial charge in [0.2, 0.25) is 5.91 Å². The van der Waals surface area contributed by atoms with Crippen molar-refractivity contribution in [1.29, 1.82) is 0 Å². The molecule has 1 fully saturated rings. The van der Waals surface area contributed by atoms with Gasteiger partial charge in [0, 0.05) is 6.07 Å². The lowest BCUT2D eigenvalue weighted by molar-refractivity contribution is -0.120. The van der Waals surface area contributed by atoms with E-state index in [-0.39, 0.29) is 28.0 Å². The summed E-state index contributed by atoms with van der Waals surface area (Å²) in [7, 11) is -3.52. The van der Waals surface area contributed by atoms with E-state index in [1.54, 1.807) is 0 Å². The van der Waals surface area contributed by atoms with Gasteiger partial charge in [0.15, 0.2) is 9.84 Å². The number of benzene rings is 1. The molecule has 0 unspecified atom stereocenters. The quantitative estimate of drug-likeness (QED) is 0.673. The maximum absolute atomic E-state index is 12.1. The second-order valence-corrected chi connectivity index (χ2v) is 6.63. The van der Waals surface area contributed by atoms with Crippen molar-refractivity contribution in [3.8, 4) is 5.75 Å². The normalized spacial score (nSPS) is 23.6. The fourth-order valence-electron chi connectivity index (χ4n) is 2.16. The van der Waals surface area contributed by atoms with Crippen molar-refractivity contribution in [2.24, 2.45) is 5.41 Å². The smallest absolute Gasteiger partial charge is 0.231 e. The molecule has 90 valence electrons. The van der Waals surface area contributed by atoms with Crippen LogP contribution in [-0.4, -0.2) is 25.2 Å². The summed E-state index contributed by atoms with van der Waals surface area (Å²) in [5, 5.41) is 12.0. The molecule has 1 aromatic carbocycles. The molecule has 3 rings (SSSR count). The first-order valence-electron chi connectivity index (χ1n) is 5.30. The summed E-state index contributed by atoms with van der Waals surface area (Å²) in [4.78, 5) is 11.9. The minimum absolute atomic E-state index is 0.00891. The third-order valence-electron chi connectivity index (χ3n) is 3.35. The average Bonchev–Trinajstić information content (AvgIpc) is 3.00. The van der Waals surface area contributed by atoms with Crippen molar-refractivity contribution in [2.75, 3.05) is 11.1 Å². The number of phenols is 1. The first-order valence-corrected chi connectivity index (χ1v) is 6.95. The molecule has 1 aliphatic carbocycles. The largest absolute Gasteiger partial charge is 0.508 e. The van der Waals surface area contributed by atoms with E-state index < -0.39 is 15.3 Å². The van der Waals surface area contributed by atoms with E-state index >= 15 is 0 Å². The van der Waals surface area contributed by atoms with Crippen LogP contribution in [0.3, 0.4) is 0 Å². The Hall–Kier alpha value is -1.56. The highest BCUT2D eigenvalue weighted by Crippen LogP contribution is 2.50. The maximum Gasteiger partial charge on any atom is 0.231 e. The van der Waals surface area contributed by atoms with Crippen molar-refractivity contribution >= 4 is 21.4 Å². The molecule has 0 saturated heterocycles. The number of sulfone groups is 1. The summed E-state index contributed by atoms with van der Waals surface area (Å²) >= 11 is 0. The molecule has 1 saturated carbocycles. The Morgan fingerprint density at radius 2 is 2.00 bits per heavy atom. The summed E-state index contributed by atoms with van der Waals surface area (Å²) in [6, 6.07) is 3.97. The molecule has 6 heteroatoms. The first-order chi connectivity index (χ1) is 7.93. The zero-order valence-corrected chi connectivity index (χ0v) is 9.75. The van der Waals surface area contributed by atoms with Gasteiger partial charge >= 0.3 is 0 Å². The van der Waals surface area contributed by atoms with E-state index in [0.717, 1.165) is 0 Å². The topological polar surface area (TPSA) is 83.5 Å². The highest BCUT2D eigenvalue weighted by atomic mass is 32.2. The van der Waals surface area contributed by atoms with Crippen LogP contribution in [0.2, 0.25) is 0 Å². The summed E-state index contributed by atoms with van der Waals surface area (Å²) < 4.78 is 24.3. The van der Waals surface area contributed by atoms with Gasteiger partial charge in [-0.1, -0.05) is 0 Å². The molecular formula is C11H11NO4S. The number of rotatable bonds is 0. The molecule has 0 atom stereocenters. The Morgan fingerprint density at radius 3 is 2.65 bits per heavy atom. The van der Waals surface area contributed by atoms with Gasteiger partial charge in [-0.25, -0.2) is 8.42 Å².